The van der Waals surface area contributed by atoms with Crippen LogP contribution in [0, 0.1) is 0 Å². The van der Waals surface area contributed by atoms with Crippen molar-refractivity contribution < 1.29 is 0 Å². The number of rotatable bonds is 5. The quantitative estimate of drug-likeness (QED) is 0.378. The molecule has 0 aliphatic heterocycles. The van der Waals surface area contributed by atoms with Gasteiger partial charge < -0.3 is 0 Å². The van der Waals surface area contributed by atoms with Gasteiger partial charge in [0, 0.05) is 9.79 Å². The first-order chi connectivity index (χ1) is 12.9. The molecule has 26 heavy (non-hydrogen) atoms. The molecule has 0 aliphatic rings. The number of hydrogen-bond acceptors (Lipinski definition) is 1. The van der Waals surface area contributed by atoms with Crippen molar-refractivity contribution in [3.05, 3.63) is 115 Å². The average molecular weight is 369 g/mol. The molecule has 0 unspecified atom stereocenters. The van der Waals surface area contributed by atoms with E-state index in [-0.39, 0.29) is 0 Å². The molecule has 4 rings (SSSR count). The highest BCUT2D eigenvalue weighted by Gasteiger charge is 2.18. The summed E-state index contributed by atoms with van der Waals surface area (Å²) in [4.78, 5) is 2.56. The molecule has 0 saturated carbocycles. The lowest BCUT2D eigenvalue weighted by molar-refractivity contribution is 1.41. The Labute approximate surface area is 161 Å². The zero-order valence-corrected chi connectivity index (χ0v) is 16.4. The summed E-state index contributed by atoms with van der Waals surface area (Å²) in [6, 6.07) is 41.6. The predicted octanol–water partition coefficient (Wildman–Crippen LogP) is 4.09. The van der Waals surface area contributed by atoms with Crippen molar-refractivity contribution in [3.63, 3.8) is 0 Å². The summed E-state index contributed by atoms with van der Waals surface area (Å²) >= 11 is 1.82. The molecule has 0 N–H and O–H groups in total. The van der Waals surface area contributed by atoms with Crippen molar-refractivity contribution in [1.82, 2.24) is 0 Å². The van der Waals surface area contributed by atoms with E-state index in [2.05, 4.69) is 115 Å². The summed E-state index contributed by atoms with van der Waals surface area (Å²) in [6.45, 7) is 0. The fourth-order valence-corrected chi connectivity index (χ4v) is 7.01. The van der Waals surface area contributed by atoms with Crippen LogP contribution in [0.1, 0.15) is 0 Å². The second-order valence-electron chi connectivity index (χ2n) is 6.24. The maximum atomic E-state index is 2.32. The molecule has 0 bridgehead atoms. The van der Waals surface area contributed by atoms with Crippen LogP contribution in [0.3, 0.4) is 0 Å². The van der Waals surface area contributed by atoms with Gasteiger partial charge in [-0.1, -0.05) is 118 Å². The van der Waals surface area contributed by atoms with Crippen LogP contribution >= 0.6 is 11.8 Å². The highest BCUT2D eigenvalue weighted by Crippen LogP contribution is 2.26. The molecule has 0 aliphatic carbocycles. The largest absolute Gasteiger partial charge is 0.132 e. The normalized spacial score (nSPS) is 10.8. The van der Waals surface area contributed by atoms with Gasteiger partial charge in [-0.15, -0.1) is 0 Å². The van der Waals surface area contributed by atoms with E-state index in [0.717, 1.165) is 0 Å². The molecule has 0 amide bonds. The summed E-state index contributed by atoms with van der Waals surface area (Å²) in [5.41, 5.74) is 0. The van der Waals surface area contributed by atoms with Gasteiger partial charge in [-0.3, -0.25) is 0 Å². The van der Waals surface area contributed by atoms with Crippen molar-refractivity contribution >= 4 is 36.1 Å². The van der Waals surface area contributed by atoms with Crippen molar-refractivity contribution in [1.29, 1.82) is 0 Å². The van der Waals surface area contributed by atoms with Crippen LogP contribution < -0.4 is 15.6 Å². The molecule has 0 radical (unpaired) electrons. The third-order valence-corrected chi connectivity index (χ3v) is 8.63. The lowest BCUT2D eigenvalue weighted by Crippen LogP contribution is -2.51. The second kappa shape index (κ2) is 8.22. The topological polar surface area (TPSA) is 0 Å². The van der Waals surface area contributed by atoms with Crippen LogP contribution in [0.2, 0.25) is 0 Å². The van der Waals surface area contributed by atoms with E-state index in [1.807, 2.05) is 11.8 Å². The second-order valence-corrected chi connectivity index (χ2v) is 10.3. The highest BCUT2D eigenvalue weighted by molar-refractivity contribution is 7.99. The SMILES string of the molecule is c1ccc(Sc2ccc([SiH](c3ccccc3)c3ccccc3)cc2)cc1. The van der Waals surface area contributed by atoms with Crippen molar-refractivity contribution in [2.75, 3.05) is 0 Å². The molecule has 126 valence electrons. The van der Waals surface area contributed by atoms with Gasteiger partial charge in [0.25, 0.3) is 0 Å². The van der Waals surface area contributed by atoms with E-state index in [1.54, 1.807) is 0 Å². The van der Waals surface area contributed by atoms with Crippen LogP contribution in [0.5, 0.6) is 0 Å². The van der Waals surface area contributed by atoms with Crippen molar-refractivity contribution in [3.8, 4) is 0 Å². The van der Waals surface area contributed by atoms with E-state index >= 15 is 0 Å². The minimum atomic E-state index is -1.42. The molecular formula is C24H20SSi. The zero-order valence-electron chi connectivity index (χ0n) is 14.5. The van der Waals surface area contributed by atoms with Crippen molar-refractivity contribution in [2.24, 2.45) is 0 Å². The summed E-state index contributed by atoms with van der Waals surface area (Å²) in [5.74, 6) is 0. The molecule has 0 atom stereocenters. The van der Waals surface area contributed by atoms with Gasteiger partial charge in [0.05, 0.1) is 0 Å². The van der Waals surface area contributed by atoms with E-state index in [4.69, 9.17) is 0 Å². The summed E-state index contributed by atoms with van der Waals surface area (Å²) < 4.78 is 0. The van der Waals surface area contributed by atoms with Crippen LogP contribution in [0.4, 0.5) is 0 Å². The Morgan fingerprint density at radius 2 is 0.769 bits per heavy atom. The Morgan fingerprint density at radius 3 is 1.27 bits per heavy atom. The molecule has 0 heterocycles. The van der Waals surface area contributed by atoms with Gasteiger partial charge in [-0.2, -0.15) is 0 Å². The number of benzene rings is 4. The minimum absolute atomic E-state index is 1.28. The lowest BCUT2D eigenvalue weighted by atomic mass is 10.3. The Kier molecular flexibility index (Phi) is 5.34. The minimum Gasteiger partial charge on any atom is -0.0901 e. The Hall–Kier alpha value is -2.55. The third kappa shape index (κ3) is 3.98. The highest BCUT2D eigenvalue weighted by atomic mass is 32.2. The maximum absolute atomic E-state index is 2.32. The van der Waals surface area contributed by atoms with Gasteiger partial charge in [0.1, 0.15) is 8.80 Å². The van der Waals surface area contributed by atoms with Crippen LogP contribution in [0.25, 0.3) is 0 Å². The maximum Gasteiger partial charge on any atom is 0.132 e. The summed E-state index contributed by atoms with van der Waals surface area (Å²) in [6.07, 6.45) is 0. The van der Waals surface area contributed by atoms with Gasteiger partial charge in [-0.25, -0.2) is 0 Å². The van der Waals surface area contributed by atoms with E-state index in [0.29, 0.717) is 0 Å². The molecule has 0 aromatic heterocycles. The molecule has 0 saturated heterocycles. The monoisotopic (exact) mass is 368 g/mol. The number of hydrogen-bond donors (Lipinski definition) is 0. The predicted molar refractivity (Wildman–Crippen MR) is 116 cm³/mol. The molecule has 4 aromatic rings. The van der Waals surface area contributed by atoms with Gasteiger partial charge >= 0.3 is 0 Å². The fraction of sp³-hybridized carbons (Fsp3) is 0. The summed E-state index contributed by atoms with van der Waals surface area (Å²) in [7, 11) is -1.42. The Bertz CT molecular complexity index is 896. The molecule has 0 spiro atoms. The molecular weight excluding hydrogens is 348 g/mol. The van der Waals surface area contributed by atoms with Gasteiger partial charge in [0.2, 0.25) is 0 Å². The first-order valence-electron chi connectivity index (χ1n) is 8.83. The zero-order chi connectivity index (χ0) is 17.6. The first kappa shape index (κ1) is 16.9. The van der Waals surface area contributed by atoms with Gasteiger partial charge in [-0.05, 0) is 24.3 Å². The fourth-order valence-electron chi connectivity index (χ4n) is 3.22. The van der Waals surface area contributed by atoms with Crippen molar-refractivity contribution in [2.45, 2.75) is 9.79 Å². The Morgan fingerprint density at radius 1 is 0.385 bits per heavy atom. The standard InChI is InChI=1S/C24H20SSi/c1-4-10-20(11-5-1)25-21-16-18-24(19-17-21)26(22-12-6-2-7-13-22)23-14-8-3-9-15-23/h1-19,26H. The molecule has 0 nitrogen and oxygen atoms in total. The lowest BCUT2D eigenvalue weighted by Gasteiger charge is -2.17. The van der Waals surface area contributed by atoms with Crippen LogP contribution in [0.15, 0.2) is 125 Å². The van der Waals surface area contributed by atoms with Crippen LogP contribution in [-0.2, 0) is 0 Å². The first-order valence-corrected chi connectivity index (χ1v) is 11.4. The summed E-state index contributed by atoms with van der Waals surface area (Å²) in [5, 5.41) is 4.38. The molecule has 0 fully saturated rings. The third-order valence-electron chi connectivity index (χ3n) is 4.46. The molecule has 2 heteroatoms. The smallest absolute Gasteiger partial charge is 0.0901 e. The van der Waals surface area contributed by atoms with E-state index in [9.17, 15) is 0 Å². The average Bonchev–Trinajstić information content (AvgIpc) is 2.72. The molecule has 4 aromatic carbocycles. The van der Waals surface area contributed by atoms with E-state index < -0.39 is 8.80 Å². The van der Waals surface area contributed by atoms with E-state index in [1.165, 1.54) is 25.4 Å². The van der Waals surface area contributed by atoms with Crippen LogP contribution in [-0.4, -0.2) is 8.80 Å². The van der Waals surface area contributed by atoms with Gasteiger partial charge in [0.15, 0.2) is 0 Å². The Balaban J connectivity index is 1.66.